The van der Waals surface area contributed by atoms with Gasteiger partial charge in [-0.1, -0.05) is 23.7 Å². The first kappa shape index (κ1) is 12.4. The lowest BCUT2D eigenvalue weighted by atomic mass is 10.1. The van der Waals surface area contributed by atoms with E-state index in [4.69, 9.17) is 11.6 Å². The molecule has 0 saturated carbocycles. The Labute approximate surface area is 109 Å². The molecule has 0 fully saturated rings. The second kappa shape index (κ2) is 5.51. The van der Waals surface area contributed by atoms with Gasteiger partial charge in [-0.05, 0) is 18.2 Å². The van der Waals surface area contributed by atoms with Crippen LogP contribution in [0.4, 0.5) is 0 Å². The van der Waals surface area contributed by atoms with Crippen LogP contribution in [-0.2, 0) is 9.53 Å². The SMILES string of the molecule is COC(=O)C=Cc1cn[nH]c1-c1ccc(Cl)cc1. The van der Waals surface area contributed by atoms with Gasteiger partial charge in [0, 0.05) is 22.2 Å². The van der Waals surface area contributed by atoms with Crippen LogP contribution in [0.2, 0.25) is 5.02 Å². The molecule has 0 spiro atoms. The summed E-state index contributed by atoms with van der Waals surface area (Å²) in [5, 5.41) is 7.52. The Hall–Kier alpha value is -2.07. The highest BCUT2D eigenvalue weighted by molar-refractivity contribution is 6.30. The van der Waals surface area contributed by atoms with Crippen molar-refractivity contribution in [3.05, 3.63) is 47.1 Å². The summed E-state index contributed by atoms with van der Waals surface area (Å²) in [6.45, 7) is 0. The molecule has 5 heteroatoms. The molecule has 1 aromatic heterocycles. The fraction of sp³-hybridized carbons (Fsp3) is 0.0769. The summed E-state index contributed by atoms with van der Waals surface area (Å²) in [4.78, 5) is 11.0. The monoisotopic (exact) mass is 262 g/mol. The summed E-state index contributed by atoms with van der Waals surface area (Å²) in [6, 6.07) is 7.35. The molecule has 1 N–H and O–H groups in total. The minimum atomic E-state index is -0.404. The van der Waals surface area contributed by atoms with Gasteiger partial charge in [0.25, 0.3) is 0 Å². The number of nitrogens with zero attached hydrogens (tertiary/aromatic N) is 1. The number of esters is 1. The Bertz CT molecular complexity index is 573. The number of benzene rings is 1. The van der Waals surface area contributed by atoms with Crippen LogP contribution in [0.25, 0.3) is 17.3 Å². The fourth-order valence-corrected chi connectivity index (χ4v) is 1.62. The number of nitrogens with one attached hydrogen (secondary N) is 1. The van der Waals surface area contributed by atoms with Crippen LogP contribution >= 0.6 is 11.6 Å². The number of carbonyl (C=O) groups is 1. The third kappa shape index (κ3) is 2.78. The van der Waals surface area contributed by atoms with Crippen molar-refractivity contribution in [1.29, 1.82) is 0 Å². The lowest BCUT2D eigenvalue weighted by Crippen LogP contribution is -1.93. The van der Waals surface area contributed by atoms with Gasteiger partial charge in [0.1, 0.15) is 0 Å². The van der Waals surface area contributed by atoms with Gasteiger partial charge in [-0.2, -0.15) is 5.10 Å². The third-order valence-corrected chi connectivity index (χ3v) is 2.65. The first-order valence-corrected chi connectivity index (χ1v) is 5.64. The number of aromatic amines is 1. The van der Waals surface area contributed by atoms with Crippen LogP contribution in [0.1, 0.15) is 5.56 Å². The van der Waals surface area contributed by atoms with Gasteiger partial charge in [0.05, 0.1) is 19.0 Å². The second-order valence-electron chi connectivity index (χ2n) is 3.56. The number of rotatable bonds is 3. The van der Waals surface area contributed by atoms with Crippen LogP contribution < -0.4 is 0 Å². The molecule has 0 amide bonds. The van der Waals surface area contributed by atoms with Crippen LogP contribution in [0.5, 0.6) is 0 Å². The van der Waals surface area contributed by atoms with E-state index in [1.807, 2.05) is 12.1 Å². The highest BCUT2D eigenvalue weighted by Crippen LogP contribution is 2.23. The quantitative estimate of drug-likeness (QED) is 0.683. The molecule has 0 aliphatic rings. The third-order valence-electron chi connectivity index (χ3n) is 2.40. The molecule has 0 unspecified atom stereocenters. The molecule has 0 radical (unpaired) electrons. The van der Waals surface area contributed by atoms with E-state index in [0.29, 0.717) is 5.02 Å². The van der Waals surface area contributed by atoms with E-state index < -0.39 is 5.97 Å². The van der Waals surface area contributed by atoms with Crippen molar-refractivity contribution in [3.8, 4) is 11.3 Å². The first-order chi connectivity index (χ1) is 8.70. The molecule has 2 aromatic rings. The minimum Gasteiger partial charge on any atom is -0.466 e. The molecular formula is C13H11ClN2O2. The number of H-pyrrole nitrogens is 1. The molecular weight excluding hydrogens is 252 g/mol. The molecule has 0 aliphatic heterocycles. The van der Waals surface area contributed by atoms with Gasteiger partial charge >= 0.3 is 5.97 Å². The molecule has 0 bridgehead atoms. The number of hydrogen-bond acceptors (Lipinski definition) is 3. The van der Waals surface area contributed by atoms with Gasteiger partial charge in [-0.25, -0.2) is 4.79 Å². The number of ether oxygens (including phenoxy) is 1. The van der Waals surface area contributed by atoms with Crippen LogP contribution in [-0.4, -0.2) is 23.3 Å². The zero-order chi connectivity index (χ0) is 13.0. The normalized spacial score (nSPS) is 10.8. The summed E-state index contributed by atoms with van der Waals surface area (Å²) in [5.74, 6) is -0.404. The second-order valence-corrected chi connectivity index (χ2v) is 4.00. The fourth-order valence-electron chi connectivity index (χ4n) is 1.50. The molecule has 0 aliphatic carbocycles. The van der Waals surface area contributed by atoms with Crippen LogP contribution in [0.15, 0.2) is 36.5 Å². The molecule has 1 heterocycles. The molecule has 18 heavy (non-hydrogen) atoms. The summed E-state index contributed by atoms with van der Waals surface area (Å²) < 4.78 is 4.54. The maximum Gasteiger partial charge on any atom is 0.330 e. The van der Waals surface area contributed by atoms with E-state index in [1.54, 1.807) is 24.4 Å². The highest BCUT2D eigenvalue weighted by atomic mass is 35.5. The highest BCUT2D eigenvalue weighted by Gasteiger charge is 2.05. The van der Waals surface area contributed by atoms with Crippen molar-refractivity contribution in [1.82, 2.24) is 10.2 Å². The zero-order valence-corrected chi connectivity index (χ0v) is 10.4. The standard InChI is InChI=1S/C13H11ClN2O2/c1-18-12(17)7-4-10-8-15-16-13(10)9-2-5-11(14)6-3-9/h2-8H,1H3,(H,15,16). The molecule has 0 atom stereocenters. The summed E-state index contributed by atoms with van der Waals surface area (Å²) in [7, 11) is 1.34. The molecule has 92 valence electrons. The summed E-state index contributed by atoms with van der Waals surface area (Å²) in [5.41, 5.74) is 2.58. The van der Waals surface area contributed by atoms with E-state index in [-0.39, 0.29) is 0 Å². The lowest BCUT2D eigenvalue weighted by molar-refractivity contribution is -0.134. The topological polar surface area (TPSA) is 55.0 Å². The maximum absolute atomic E-state index is 11.0. The van der Waals surface area contributed by atoms with E-state index in [1.165, 1.54) is 13.2 Å². The molecule has 4 nitrogen and oxygen atoms in total. The van der Waals surface area contributed by atoms with Gasteiger partial charge in [0.15, 0.2) is 0 Å². The Balaban J connectivity index is 2.30. The Morgan fingerprint density at radius 1 is 1.39 bits per heavy atom. The van der Waals surface area contributed by atoms with Gasteiger partial charge in [-0.3, -0.25) is 5.10 Å². The number of carbonyl (C=O) groups excluding carboxylic acids is 1. The van der Waals surface area contributed by atoms with E-state index in [0.717, 1.165) is 16.8 Å². The van der Waals surface area contributed by atoms with Gasteiger partial charge in [0.2, 0.25) is 0 Å². The maximum atomic E-state index is 11.0. The van der Waals surface area contributed by atoms with E-state index in [9.17, 15) is 4.79 Å². The van der Waals surface area contributed by atoms with E-state index >= 15 is 0 Å². The largest absolute Gasteiger partial charge is 0.466 e. The molecule has 2 rings (SSSR count). The lowest BCUT2D eigenvalue weighted by Gasteiger charge is -1.99. The molecule has 1 aromatic carbocycles. The minimum absolute atomic E-state index is 0.404. The van der Waals surface area contributed by atoms with Gasteiger partial charge in [-0.15, -0.1) is 0 Å². The van der Waals surface area contributed by atoms with Crippen molar-refractivity contribution in [2.45, 2.75) is 0 Å². The predicted molar refractivity (Wildman–Crippen MR) is 70.1 cm³/mol. The number of hydrogen-bond donors (Lipinski definition) is 1. The van der Waals surface area contributed by atoms with Crippen molar-refractivity contribution < 1.29 is 9.53 Å². The average molecular weight is 263 g/mol. The molecule has 0 saturated heterocycles. The Kier molecular flexibility index (Phi) is 3.79. The van der Waals surface area contributed by atoms with Crippen molar-refractivity contribution in [2.75, 3.05) is 7.11 Å². The summed E-state index contributed by atoms with van der Waals surface area (Å²) >= 11 is 5.83. The van der Waals surface area contributed by atoms with E-state index in [2.05, 4.69) is 14.9 Å². The van der Waals surface area contributed by atoms with Crippen LogP contribution in [0.3, 0.4) is 0 Å². The number of halogens is 1. The van der Waals surface area contributed by atoms with Gasteiger partial charge < -0.3 is 4.74 Å². The van der Waals surface area contributed by atoms with Crippen molar-refractivity contribution in [2.24, 2.45) is 0 Å². The summed E-state index contributed by atoms with van der Waals surface area (Å²) in [6.07, 6.45) is 4.65. The van der Waals surface area contributed by atoms with Crippen molar-refractivity contribution >= 4 is 23.6 Å². The Morgan fingerprint density at radius 3 is 2.78 bits per heavy atom. The number of aromatic nitrogens is 2. The zero-order valence-electron chi connectivity index (χ0n) is 9.68. The first-order valence-electron chi connectivity index (χ1n) is 5.26. The predicted octanol–water partition coefficient (Wildman–Crippen LogP) is 2.92. The van der Waals surface area contributed by atoms with Crippen molar-refractivity contribution in [3.63, 3.8) is 0 Å². The smallest absolute Gasteiger partial charge is 0.330 e. The average Bonchev–Trinajstić information content (AvgIpc) is 2.85. The number of methoxy groups -OCH3 is 1. The Morgan fingerprint density at radius 2 is 2.11 bits per heavy atom. The van der Waals surface area contributed by atoms with Crippen LogP contribution in [0, 0.1) is 0 Å².